The number of ether oxygens (including phenoxy) is 1. The first-order valence-electron chi connectivity index (χ1n) is 9.45. The normalized spacial score (nSPS) is 12.1. The van der Waals surface area contributed by atoms with Gasteiger partial charge >= 0.3 is 0 Å². The average Bonchev–Trinajstić information content (AvgIpc) is 3.43. The van der Waals surface area contributed by atoms with Gasteiger partial charge in [0.2, 0.25) is 11.7 Å². The van der Waals surface area contributed by atoms with Crippen molar-refractivity contribution in [2.24, 2.45) is 0 Å². The summed E-state index contributed by atoms with van der Waals surface area (Å²) in [5.74, 6) is 1.51. The molecule has 4 aromatic rings. The molecule has 0 radical (unpaired) electrons. The van der Waals surface area contributed by atoms with Crippen LogP contribution in [0.4, 0.5) is 0 Å². The lowest BCUT2D eigenvalue weighted by atomic mass is 10.1. The largest absolute Gasteiger partial charge is 0.480 e. The zero-order valence-electron chi connectivity index (χ0n) is 16.2. The molecule has 0 fully saturated rings. The van der Waals surface area contributed by atoms with Crippen LogP contribution in [0, 0.1) is 0 Å². The lowest BCUT2D eigenvalue weighted by Gasteiger charge is -2.24. The minimum absolute atomic E-state index is 0.128. The van der Waals surface area contributed by atoms with E-state index in [4.69, 9.17) is 9.26 Å². The van der Waals surface area contributed by atoms with Gasteiger partial charge in [-0.1, -0.05) is 47.6 Å². The first-order chi connectivity index (χ1) is 14.2. The SMILES string of the molecule is CCN(Cc1nc(-c2cccs2)no1)C(=O)C(C)Oc1cccc2ccccc12. The molecule has 0 aliphatic rings. The van der Waals surface area contributed by atoms with Gasteiger partial charge in [-0.25, -0.2) is 0 Å². The van der Waals surface area contributed by atoms with Crippen LogP contribution in [0.15, 0.2) is 64.5 Å². The van der Waals surface area contributed by atoms with Crippen LogP contribution >= 0.6 is 11.3 Å². The van der Waals surface area contributed by atoms with Gasteiger partial charge in [-0.3, -0.25) is 4.79 Å². The monoisotopic (exact) mass is 407 g/mol. The molecule has 0 spiro atoms. The van der Waals surface area contributed by atoms with Crippen LogP contribution in [0.5, 0.6) is 5.75 Å². The summed E-state index contributed by atoms with van der Waals surface area (Å²) in [7, 11) is 0. The lowest BCUT2D eigenvalue weighted by Crippen LogP contribution is -2.40. The first-order valence-corrected chi connectivity index (χ1v) is 10.3. The zero-order chi connectivity index (χ0) is 20.2. The van der Waals surface area contributed by atoms with Gasteiger partial charge in [0.1, 0.15) is 12.3 Å². The van der Waals surface area contributed by atoms with Gasteiger partial charge in [0.25, 0.3) is 5.91 Å². The van der Waals surface area contributed by atoms with E-state index in [0.29, 0.717) is 24.0 Å². The standard InChI is InChI=1S/C22H21N3O3S/c1-3-25(14-20-23-21(24-28-20)19-12-7-13-29-19)22(26)15(2)27-18-11-6-9-16-8-4-5-10-17(16)18/h4-13,15H,3,14H2,1-2H3. The third-order valence-corrected chi connectivity index (χ3v) is 5.50. The van der Waals surface area contributed by atoms with Gasteiger partial charge in [0.15, 0.2) is 6.10 Å². The Kier molecular flexibility index (Phi) is 5.57. The van der Waals surface area contributed by atoms with Gasteiger partial charge in [-0.05, 0) is 36.7 Å². The van der Waals surface area contributed by atoms with Crippen molar-refractivity contribution in [2.75, 3.05) is 6.54 Å². The summed E-state index contributed by atoms with van der Waals surface area (Å²) in [5.41, 5.74) is 0. The number of benzene rings is 2. The summed E-state index contributed by atoms with van der Waals surface area (Å²) in [6.07, 6.45) is -0.638. The maximum absolute atomic E-state index is 13.0. The van der Waals surface area contributed by atoms with Crippen molar-refractivity contribution in [1.82, 2.24) is 15.0 Å². The number of hydrogen-bond acceptors (Lipinski definition) is 6. The number of fused-ring (bicyclic) bond motifs is 1. The van der Waals surface area contributed by atoms with Crippen LogP contribution in [-0.2, 0) is 11.3 Å². The maximum Gasteiger partial charge on any atom is 0.263 e. The third-order valence-electron chi connectivity index (χ3n) is 4.63. The zero-order valence-corrected chi connectivity index (χ0v) is 17.1. The van der Waals surface area contributed by atoms with Crippen molar-refractivity contribution in [3.05, 3.63) is 65.9 Å². The number of amides is 1. The van der Waals surface area contributed by atoms with Crippen LogP contribution in [-0.4, -0.2) is 33.6 Å². The highest BCUT2D eigenvalue weighted by molar-refractivity contribution is 7.13. The molecule has 2 heterocycles. The molecule has 0 saturated heterocycles. The molecule has 0 bridgehead atoms. The molecule has 1 unspecified atom stereocenters. The number of thiophene rings is 1. The van der Waals surface area contributed by atoms with Gasteiger partial charge in [-0.15, -0.1) is 11.3 Å². The Morgan fingerprint density at radius 1 is 1.17 bits per heavy atom. The van der Waals surface area contributed by atoms with E-state index in [2.05, 4.69) is 10.1 Å². The van der Waals surface area contributed by atoms with Gasteiger partial charge in [-0.2, -0.15) is 4.98 Å². The molecule has 1 atom stereocenters. The molecule has 29 heavy (non-hydrogen) atoms. The number of rotatable bonds is 7. The van der Waals surface area contributed by atoms with Crippen molar-refractivity contribution in [2.45, 2.75) is 26.5 Å². The minimum Gasteiger partial charge on any atom is -0.480 e. The van der Waals surface area contributed by atoms with Gasteiger partial charge < -0.3 is 14.2 Å². The fourth-order valence-corrected chi connectivity index (χ4v) is 3.78. The number of hydrogen-bond donors (Lipinski definition) is 0. The molecule has 1 amide bonds. The molecule has 148 valence electrons. The molecule has 0 aliphatic carbocycles. The van der Waals surface area contributed by atoms with E-state index >= 15 is 0 Å². The number of carbonyl (C=O) groups excluding carboxylic acids is 1. The fourth-order valence-electron chi connectivity index (χ4n) is 3.13. The van der Waals surface area contributed by atoms with Crippen LogP contribution in [0.3, 0.4) is 0 Å². The van der Waals surface area contributed by atoms with Crippen LogP contribution in [0.25, 0.3) is 21.5 Å². The Morgan fingerprint density at radius 2 is 2.00 bits per heavy atom. The number of nitrogens with zero attached hydrogens (tertiary/aromatic N) is 3. The Balaban J connectivity index is 1.46. The molecule has 6 nitrogen and oxygen atoms in total. The van der Waals surface area contributed by atoms with Crippen molar-refractivity contribution < 1.29 is 14.1 Å². The molecule has 4 rings (SSSR count). The summed E-state index contributed by atoms with van der Waals surface area (Å²) in [6, 6.07) is 17.7. The Hall–Kier alpha value is -3.19. The van der Waals surface area contributed by atoms with Crippen molar-refractivity contribution in [1.29, 1.82) is 0 Å². The van der Waals surface area contributed by atoms with Crippen molar-refractivity contribution >= 4 is 28.0 Å². The van der Waals surface area contributed by atoms with E-state index in [0.717, 1.165) is 15.6 Å². The van der Waals surface area contributed by atoms with Crippen LogP contribution in [0.2, 0.25) is 0 Å². The molecule has 0 saturated carbocycles. The topological polar surface area (TPSA) is 68.5 Å². The predicted molar refractivity (Wildman–Crippen MR) is 113 cm³/mol. The van der Waals surface area contributed by atoms with E-state index in [-0.39, 0.29) is 12.5 Å². The molecular weight excluding hydrogens is 386 g/mol. The van der Waals surface area contributed by atoms with Crippen LogP contribution in [0.1, 0.15) is 19.7 Å². The molecule has 2 aromatic carbocycles. The summed E-state index contributed by atoms with van der Waals surface area (Å²) in [6.45, 7) is 4.44. The van der Waals surface area contributed by atoms with E-state index in [1.807, 2.05) is 66.9 Å². The molecule has 0 aliphatic heterocycles. The molecule has 0 N–H and O–H groups in total. The Morgan fingerprint density at radius 3 is 2.79 bits per heavy atom. The third kappa shape index (κ3) is 4.14. The smallest absolute Gasteiger partial charge is 0.263 e. The fraction of sp³-hybridized carbons (Fsp3) is 0.227. The second kappa shape index (κ2) is 8.45. The maximum atomic E-state index is 13.0. The number of likely N-dealkylation sites (N-methyl/N-ethyl adjacent to an activating group) is 1. The quantitative estimate of drug-likeness (QED) is 0.441. The second-order valence-corrected chi connectivity index (χ2v) is 7.53. The van der Waals surface area contributed by atoms with Gasteiger partial charge in [0, 0.05) is 11.9 Å². The van der Waals surface area contributed by atoms with E-state index < -0.39 is 6.10 Å². The molecular formula is C22H21N3O3S. The number of carbonyl (C=O) groups is 1. The Bertz CT molecular complexity index is 1100. The second-order valence-electron chi connectivity index (χ2n) is 6.58. The minimum atomic E-state index is -0.638. The summed E-state index contributed by atoms with van der Waals surface area (Å²) in [5, 5.41) is 8.02. The molecule has 7 heteroatoms. The van der Waals surface area contributed by atoms with E-state index in [1.165, 1.54) is 0 Å². The predicted octanol–water partition coefficient (Wildman–Crippen LogP) is 4.77. The van der Waals surface area contributed by atoms with Crippen molar-refractivity contribution in [3.8, 4) is 16.5 Å². The molecule has 2 aromatic heterocycles. The summed E-state index contributed by atoms with van der Waals surface area (Å²) >= 11 is 1.54. The summed E-state index contributed by atoms with van der Waals surface area (Å²) < 4.78 is 11.4. The highest BCUT2D eigenvalue weighted by Crippen LogP contribution is 2.26. The van der Waals surface area contributed by atoms with Gasteiger partial charge in [0.05, 0.1) is 4.88 Å². The first kappa shape index (κ1) is 19.1. The highest BCUT2D eigenvalue weighted by atomic mass is 32.1. The Labute approximate surface area is 172 Å². The van der Waals surface area contributed by atoms with E-state index in [1.54, 1.807) is 23.2 Å². The van der Waals surface area contributed by atoms with Crippen LogP contribution < -0.4 is 4.74 Å². The van der Waals surface area contributed by atoms with Crippen molar-refractivity contribution in [3.63, 3.8) is 0 Å². The number of aromatic nitrogens is 2. The lowest BCUT2D eigenvalue weighted by molar-refractivity contribution is -0.138. The highest BCUT2D eigenvalue weighted by Gasteiger charge is 2.24. The summed E-state index contributed by atoms with van der Waals surface area (Å²) in [4.78, 5) is 20.0. The van der Waals surface area contributed by atoms with E-state index in [9.17, 15) is 4.79 Å². The average molecular weight is 407 g/mol.